The van der Waals surface area contributed by atoms with E-state index in [9.17, 15) is 14.4 Å². The molecule has 0 aromatic carbocycles. The zero-order valence-electron chi connectivity index (χ0n) is 11.1. The van der Waals surface area contributed by atoms with E-state index in [2.05, 4.69) is 10.4 Å². The summed E-state index contributed by atoms with van der Waals surface area (Å²) in [7, 11) is 0. The Labute approximate surface area is 120 Å². The third kappa shape index (κ3) is 1.65. The summed E-state index contributed by atoms with van der Waals surface area (Å²) in [6.45, 7) is 0. The van der Waals surface area contributed by atoms with Crippen LogP contribution in [0.3, 0.4) is 0 Å². The highest BCUT2D eigenvalue weighted by Gasteiger charge is 2.59. The molecule has 3 amide bonds. The predicted molar refractivity (Wildman–Crippen MR) is 71.3 cm³/mol. The van der Waals surface area contributed by atoms with Crippen molar-refractivity contribution in [3.8, 4) is 0 Å². The van der Waals surface area contributed by atoms with Gasteiger partial charge >= 0.3 is 0 Å². The number of nitrogens with zero attached hydrogens (tertiary/aromatic N) is 2. The van der Waals surface area contributed by atoms with Crippen LogP contribution in [0.15, 0.2) is 36.7 Å². The molecule has 1 aromatic heterocycles. The molecule has 6 heteroatoms. The Morgan fingerprint density at radius 3 is 2.43 bits per heavy atom. The molecule has 1 aromatic rings. The fraction of sp³-hybridized carbons (Fsp3) is 0.333. The van der Waals surface area contributed by atoms with Crippen LogP contribution in [0, 0.1) is 23.7 Å². The van der Waals surface area contributed by atoms with Gasteiger partial charge in [0.25, 0.3) is 17.7 Å². The molecule has 0 radical (unpaired) electrons. The summed E-state index contributed by atoms with van der Waals surface area (Å²) in [6.07, 6.45) is 7.85. The van der Waals surface area contributed by atoms with Crippen molar-refractivity contribution in [3.05, 3.63) is 42.2 Å². The average molecular weight is 283 g/mol. The monoisotopic (exact) mass is 283 g/mol. The van der Waals surface area contributed by atoms with Crippen LogP contribution in [0.5, 0.6) is 0 Å². The maximum absolute atomic E-state index is 12.4. The zero-order chi connectivity index (χ0) is 14.6. The molecule has 4 rings (SSSR count). The van der Waals surface area contributed by atoms with Crippen molar-refractivity contribution < 1.29 is 14.4 Å². The number of aromatic nitrogens is 1. The molecule has 21 heavy (non-hydrogen) atoms. The van der Waals surface area contributed by atoms with Gasteiger partial charge in [-0.25, -0.2) is 0 Å². The second kappa shape index (κ2) is 4.25. The lowest BCUT2D eigenvalue weighted by molar-refractivity contribution is -0.143. The van der Waals surface area contributed by atoms with Crippen molar-refractivity contribution in [2.24, 2.45) is 23.7 Å². The van der Waals surface area contributed by atoms with Crippen LogP contribution in [0.1, 0.15) is 16.8 Å². The lowest BCUT2D eigenvalue weighted by Gasteiger charge is -2.17. The van der Waals surface area contributed by atoms with Gasteiger partial charge in [-0.05, 0) is 30.4 Å². The molecule has 2 aliphatic carbocycles. The first kappa shape index (κ1) is 12.3. The molecule has 1 saturated carbocycles. The van der Waals surface area contributed by atoms with Gasteiger partial charge < -0.3 is 0 Å². The minimum absolute atomic E-state index is 0.136. The van der Waals surface area contributed by atoms with E-state index in [1.807, 2.05) is 12.2 Å². The Morgan fingerprint density at radius 1 is 1.19 bits per heavy atom. The summed E-state index contributed by atoms with van der Waals surface area (Å²) in [5.41, 5.74) is 2.74. The Balaban J connectivity index is 1.56. The first-order valence-electron chi connectivity index (χ1n) is 6.94. The summed E-state index contributed by atoms with van der Waals surface area (Å²) in [4.78, 5) is 40.7. The molecule has 1 N–H and O–H groups in total. The van der Waals surface area contributed by atoms with Crippen molar-refractivity contribution in [3.63, 3.8) is 0 Å². The average Bonchev–Trinajstić information content (AvgIpc) is 3.18. The van der Waals surface area contributed by atoms with Crippen molar-refractivity contribution >= 4 is 17.7 Å². The maximum atomic E-state index is 12.4. The van der Waals surface area contributed by atoms with Gasteiger partial charge in [-0.15, -0.1) is 0 Å². The third-order valence-corrected chi connectivity index (χ3v) is 4.61. The third-order valence-electron chi connectivity index (χ3n) is 4.61. The van der Waals surface area contributed by atoms with Crippen molar-refractivity contribution in [1.29, 1.82) is 0 Å². The molecule has 2 fully saturated rings. The fourth-order valence-corrected chi connectivity index (χ4v) is 3.68. The van der Waals surface area contributed by atoms with Crippen molar-refractivity contribution in [2.75, 3.05) is 0 Å². The van der Waals surface area contributed by atoms with Gasteiger partial charge in [0.05, 0.1) is 17.4 Å². The number of nitrogens with one attached hydrogen (secondary N) is 1. The van der Waals surface area contributed by atoms with E-state index in [-0.39, 0.29) is 35.5 Å². The lowest BCUT2D eigenvalue weighted by atomic mass is 9.85. The number of carbonyl (C=O) groups excluding carboxylic acids is 3. The predicted octanol–water partition coefficient (Wildman–Crippen LogP) is 0.533. The second-order valence-electron chi connectivity index (χ2n) is 5.69. The highest BCUT2D eigenvalue weighted by Crippen LogP contribution is 2.52. The first-order chi connectivity index (χ1) is 10.2. The summed E-state index contributed by atoms with van der Waals surface area (Å²) >= 11 is 0. The second-order valence-corrected chi connectivity index (χ2v) is 5.69. The number of hydrogen-bond donors (Lipinski definition) is 1. The van der Waals surface area contributed by atoms with Gasteiger partial charge in [0.15, 0.2) is 0 Å². The molecular formula is C15H13N3O3. The molecular weight excluding hydrogens is 270 g/mol. The summed E-state index contributed by atoms with van der Waals surface area (Å²) in [5.74, 6) is -1.42. The highest BCUT2D eigenvalue weighted by molar-refractivity contribution is 6.08. The smallest absolute Gasteiger partial charge is 0.271 e. The molecule has 3 aliphatic rings. The number of amides is 3. The van der Waals surface area contributed by atoms with Crippen LogP contribution in [-0.2, 0) is 9.59 Å². The molecule has 4 atom stereocenters. The van der Waals surface area contributed by atoms with Gasteiger partial charge in [-0.1, -0.05) is 12.2 Å². The number of imide groups is 1. The Morgan fingerprint density at radius 2 is 1.86 bits per heavy atom. The zero-order valence-corrected chi connectivity index (χ0v) is 11.1. The molecule has 2 heterocycles. The lowest BCUT2D eigenvalue weighted by Crippen LogP contribution is -2.47. The number of pyridine rings is 1. The van der Waals surface area contributed by atoms with E-state index in [0.717, 1.165) is 11.4 Å². The fourth-order valence-electron chi connectivity index (χ4n) is 3.68. The van der Waals surface area contributed by atoms with Gasteiger partial charge in [0.1, 0.15) is 0 Å². The quantitative estimate of drug-likeness (QED) is 0.634. The van der Waals surface area contributed by atoms with E-state index < -0.39 is 5.91 Å². The Hall–Kier alpha value is -2.50. The first-order valence-corrected chi connectivity index (χ1v) is 6.94. The minimum atomic E-state index is -0.495. The van der Waals surface area contributed by atoms with Crippen LogP contribution in [0.4, 0.5) is 0 Å². The normalized spacial score (nSPS) is 32.7. The standard InChI is InChI=1S/C15H13N3O3/c19-13(10-2-1-5-16-7-10)17-18-14(20)11-8-3-4-9(6-8)12(11)15(18)21/h1-5,7-9,11-12H,6H2,(H,17,19)/t8-,9+,11-,12+. The van der Waals surface area contributed by atoms with Crippen LogP contribution in [0.2, 0.25) is 0 Å². The van der Waals surface area contributed by atoms with Crippen LogP contribution >= 0.6 is 0 Å². The van der Waals surface area contributed by atoms with Crippen molar-refractivity contribution in [2.45, 2.75) is 6.42 Å². The molecule has 106 valence electrons. The van der Waals surface area contributed by atoms with E-state index in [4.69, 9.17) is 0 Å². The minimum Gasteiger partial charge on any atom is -0.272 e. The van der Waals surface area contributed by atoms with Gasteiger partial charge in [0, 0.05) is 12.4 Å². The maximum Gasteiger partial charge on any atom is 0.271 e. The summed E-state index contributed by atoms with van der Waals surface area (Å²) in [6, 6.07) is 3.21. The number of allylic oxidation sites excluding steroid dienone is 2. The van der Waals surface area contributed by atoms with E-state index in [0.29, 0.717) is 5.56 Å². The van der Waals surface area contributed by atoms with Gasteiger partial charge in [-0.2, -0.15) is 5.01 Å². The molecule has 1 saturated heterocycles. The molecule has 6 nitrogen and oxygen atoms in total. The number of hydrazine groups is 1. The number of carbonyl (C=O) groups is 3. The molecule has 0 spiro atoms. The SMILES string of the molecule is O=C(NN1C(=O)[C@@H]2[C@H](C1=O)[C@@H]1C=C[C@H]2C1)c1cccnc1. The highest BCUT2D eigenvalue weighted by atomic mass is 16.2. The topological polar surface area (TPSA) is 79.4 Å². The summed E-state index contributed by atoms with van der Waals surface area (Å²) < 4.78 is 0. The summed E-state index contributed by atoms with van der Waals surface area (Å²) in [5, 5.41) is 0.900. The molecule has 0 unspecified atom stereocenters. The van der Waals surface area contributed by atoms with Crippen LogP contribution in [0.25, 0.3) is 0 Å². The van der Waals surface area contributed by atoms with Gasteiger partial charge in [0.2, 0.25) is 0 Å². The number of fused-ring (bicyclic) bond motifs is 5. The van der Waals surface area contributed by atoms with Crippen LogP contribution in [-0.4, -0.2) is 27.7 Å². The number of rotatable bonds is 2. The van der Waals surface area contributed by atoms with E-state index in [1.54, 1.807) is 18.3 Å². The van der Waals surface area contributed by atoms with Gasteiger partial charge in [-0.3, -0.25) is 24.8 Å². The van der Waals surface area contributed by atoms with E-state index >= 15 is 0 Å². The Bertz CT molecular complexity index is 640. The van der Waals surface area contributed by atoms with Crippen molar-refractivity contribution in [1.82, 2.24) is 15.4 Å². The van der Waals surface area contributed by atoms with E-state index in [1.165, 1.54) is 6.20 Å². The van der Waals surface area contributed by atoms with Crippen LogP contribution < -0.4 is 5.43 Å². The molecule has 1 aliphatic heterocycles. The molecule has 2 bridgehead atoms. The largest absolute Gasteiger partial charge is 0.272 e. The Kier molecular flexibility index (Phi) is 2.48. The number of hydrogen-bond acceptors (Lipinski definition) is 4.